The molecule has 1 amide bonds. The first-order valence-electron chi connectivity index (χ1n) is 9.34. The average molecular weight is 389 g/mol. The van der Waals surface area contributed by atoms with E-state index in [-0.39, 0.29) is 19.3 Å². The molecule has 0 heterocycles. The van der Waals surface area contributed by atoms with Crippen molar-refractivity contribution in [2.24, 2.45) is 5.41 Å². The fourth-order valence-electron chi connectivity index (χ4n) is 4.03. The maximum atomic E-state index is 14.9. The standard InChI is InChI=1S/C19H26F3NO4/c1-12(24)15(26)18(6-5-7-18)11-14(25)13(23-16(27)17(2,20)21)10-19(22)8-3-4-9-19/h13H,3-11H2,1-2H3,(H,23,27)/t13-/m0/s1. The molecule has 2 aliphatic carbocycles. The molecule has 1 N–H and O–H groups in total. The van der Waals surface area contributed by atoms with Crippen molar-refractivity contribution in [2.45, 2.75) is 89.3 Å². The summed E-state index contributed by atoms with van der Waals surface area (Å²) >= 11 is 0. The second-order valence-corrected chi connectivity index (χ2v) is 8.14. The van der Waals surface area contributed by atoms with Crippen LogP contribution in [-0.4, -0.2) is 40.9 Å². The van der Waals surface area contributed by atoms with Gasteiger partial charge in [0.25, 0.3) is 5.91 Å². The number of hydrogen-bond acceptors (Lipinski definition) is 4. The summed E-state index contributed by atoms with van der Waals surface area (Å²) in [6.45, 7) is 1.52. The fraction of sp³-hybridized carbons (Fsp3) is 0.789. The Morgan fingerprint density at radius 2 is 1.59 bits per heavy atom. The molecule has 0 bridgehead atoms. The van der Waals surface area contributed by atoms with E-state index < -0.39 is 52.7 Å². The highest BCUT2D eigenvalue weighted by Gasteiger charge is 2.49. The predicted octanol–water partition coefficient (Wildman–Crippen LogP) is 3.09. The summed E-state index contributed by atoms with van der Waals surface area (Å²) < 4.78 is 41.4. The molecule has 2 fully saturated rings. The molecule has 0 aliphatic heterocycles. The fourth-order valence-corrected chi connectivity index (χ4v) is 4.03. The lowest BCUT2D eigenvalue weighted by atomic mass is 9.62. The zero-order chi connectivity index (χ0) is 20.5. The van der Waals surface area contributed by atoms with Crippen molar-refractivity contribution >= 4 is 23.3 Å². The molecule has 2 saturated carbocycles. The molecule has 2 aliphatic rings. The van der Waals surface area contributed by atoms with Crippen molar-refractivity contribution in [1.82, 2.24) is 5.32 Å². The monoisotopic (exact) mass is 389 g/mol. The van der Waals surface area contributed by atoms with Crippen LogP contribution < -0.4 is 5.32 Å². The number of hydrogen-bond donors (Lipinski definition) is 1. The summed E-state index contributed by atoms with van der Waals surface area (Å²) in [5.74, 6) is -7.36. The van der Waals surface area contributed by atoms with Gasteiger partial charge in [-0.05, 0) is 25.7 Å². The molecule has 0 unspecified atom stereocenters. The minimum Gasteiger partial charge on any atom is -0.341 e. The maximum absolute atomic E-state index is 14.9. The van der Waals surface area contributed by atoms with E-state index in [1.54, 1.807) is 0 Å². The molecule has 5 nitrogen and oxygen atoms in total. The molecule has 0 aromatic heterocycles. The Kier molecular flexibility index (Phi) is 6.16. The van der Waals surface area contributed by atoms with Crippen LogP contribution in [0.1, 0.15) is 71.6 Å². The zero-order valence-electron chi connectivity index (χ0n) is 15.7. The number of ketones is 3. The van der Waals surface area contributed by atoms with Gasteiger partial charge in [-0.1, -0.05) is 19.3 Å². The molecule has 27 heavy (non-hydrogen) atoms. The highest BCUT2D eigenvalue weighted by atomic mass is 19.3. The molecule has 0 radical (unpaired) electrons. The number of alkyl halides is 3. The highest BCUT2D eigenvalue weighted by molar-refractivity contribution is 6.38. The van der Waals surface area contributed by atoms with E-state index in [9.17, 15) is 32.3 Å². The van der Waals surface area contributed by atoms with Crippen LogP contribution in [0.2, 0.25) is 0 Å². The van der Waals surface area contributed by atoms with Crippen molar-refractivity contribution in [2.75, 3.05) is 0 Å². The van der Waals surface area contributed by atoms with E-state index in [4.69, 9.17) is 0 Å². The second-order valence-electron chi connectivity index (χ2n) is 8.14. The number of carbonyl (C=O) groups excluding carboxylic acids is 4. The van der Waals surface area contributed by atoms with E-state index in [1.165, 1.54) is 0 Å². The Balaban J connectivity index is 2.18. The number of nitrogens with one attached hydrogen (secondary N) is 1. The average Bonchev–Trinajstić information content (AvgIpc) is 2.94. The summed E-state index contributed by atoms with van der Waals surface area (Å²) in [5.41, 5.74) is -2.84. The summed E-state index contributed by atoms with van der Waals surface area (Å²) in [4.78, 5) is 48.2. The van der Waals surface area contributed by atoms with Gasteiger partial charge in [-0.2, -0.15) is 8.78 Å². The Bertz CT molecular complexity index is 631. The van der Waals surface area contributed by atoms with Crippen molar-refractivity contribution < 1.29 is 32.3 Å². The molecular weight excluding hydrogens is 363 g/mol. The normalized spacial score (nSPS) is 21.8. The molecule has 0 aromatic rings. The van der Waals surface area contributed by atoms with Crippen molar-refractivity contribution in [1.29, 1.82) is 0 Å². The first kappa shape index (κ1) is 21.6. The van der Waals surface area contributed by atoms with Crippen LogP contribution in [0.4, 0.5) is 13.2 Å². The first-order valence-corrected chi connectivity index (χ1v) is 9.34. The largest absolute Gasteiger partial charge is 0.341 e. The van der Waals surface area contributed by atoms with Crippen LogP contribution >= 0.6 is 0 Å². The van der Waals surface area contributed by atoms with Crippen LogP contribution in [0.25, 0.3) is 0 Å². The lowest BCUT2D eigenvalue weighted by Gasteiger charge is -2.40. The minimum atomic E-state index is -3.71. The van der Waals surface area contributed by atoms with E-state index in [0.717, 1.165) is 6.92 Å². The van der Waals surface area contributed by atoms with Gasteiger partial charge in [-0.15, -0.1) is 0 Å². The number of carbonyl (C=O) groups is 4. The lowest BCUT2D eigenvalue weighted by molar-refractivity contribution is -0.149. The van der Waals surface area contributed by atoms with Crippen molar-refractivity contribution in [3.05, 3.63) is 0 Å². The molecule has 0 spiro atoms. The number of amides is 1. The summed E-state index contributed by atoms with van der Waals surface area (Å²) in [5, 5.41) is 1.97. The van der Waals surface area contributed by atoms with E-state index >= 15 is 0 Å². The molecule has 0 saturated heterocycles. The van der Waals surface area contributed by atoms with Gasteiger partial charge in [-0.25, -0.2) is 4.39 Å². The van der Waals surface area contributed by atoms with Crippen LogP contribution in [0.5, 0.6) is 0 Å². The van der Waals surface area contributed by atoms with Crippen LogP contribution in [0.3, 0.4) is 0 Å². The van der Waals surface area contributed by atoms with Gasteiger partial charge in [0, 0.05) is 32.1 Å². The third-order valence-corrected chi connectivity index (χ3v) is 5.79. The lowest BCUT2D eigenvalue weighted by Crippen LogP contribution is -2.52. The molecule has 8 heteroatoms. The van der Waals surface area contributed by atoms with Gasteiger partial charge in [0.2, 0.25) is 5.78 Å². The first-order chi connectivity index (χ1) is 12.4. The minimum absolute atomic E-state index is 0.201. The van der Waals surface area contributed by atoms with Crippen LogP contribution in [0, 0.1) is 5.41 Å². The predicted molar refractivity (Wildman–Crippen MR) is 91.1 cm³/mol. The van der Waals surface area contributed by atoms with Crippen LogP contribution in [-0.2, 0) is 19.2 Å². The van der Waals surface area contributed by atoms with Gasteiger partial charge in [0.1, 0.15) is 5.67 Å². The Morgan fingerprint density at radius 3 is 2.00 bits per heavy atom. The van der Waals surface area contributed by atoms with E-state index in [1.807, 2.05) is 5.32 Å². The molecule has 152 valence electrons. The van der Waals surface area contributed by atoms with Gasteiger partial charge in [0.05, 0.1) is 6.04 Å². The van der Waals surface area contributed by atoms with Crippen molar-refractivity contribution in [3.63, 3.8) is 0 Å². The molecule has 0 aromatic carbocycles. The molecular formula is C19H26F3NO4. The summed E-state index contributed by atoms with van der Waals surface area (Å²) in [6.07, 6.45) is 2.29. The van der Waals surface area contributed by atoms with Gasteiger partial charge >= 0.3 is 5.92 Å². The maximum Gasteiger partial charge on any atom is 0.321 e. The number of Topliss-reactive ketones (excluding diaryl/α,β-unsaturated/α-hetero) is 3. The van der Waals surface area contributed by atoms with Gasteiger partial charge < -0.3 is 5.32 Å². The highest BCUT2D eigenvalue weighted by Crippen LogP contribution is 2.46. The number of halogens is 3. The Hall–Kier alpha value is -1.73. The molecule has 1 atom stereocenters. The van der Waals surface area contributed by atoms with E-state index in [2.05, 4.69) is 0 Å². The number of rotatable bonds is 9. The third kappa shape index (κ3) is 4.96. The quantitative estimate of drug-likeness (QED) is 0.615. The zero-order valence-corrected chi connectivity index (χ0v) is 15.7. The smallest absolute Gasteiger partial charge is 0.321 e. The Morgan fingerprint density at radius 1 is 1.04 bits per heavy atom. The molecule has 2 rings (SSSR count). The summed E-state index contributed by atoms with van der Waals surface area (Å²) in [6, 6.07) is -1.44. The Labute approximate surface area is 156 Å². The van der Waals surface area contributed by atoms with Gasteiger partial charge in [0.15, 0.2) is 11.6 Å². The third-order valence-electron chi connectivity index (χ3n) is 5.79. The van der Waals surface area contributed by atoms with Gasteiger partial charge in [-0.3, -0.25) is 19.2 Å². The van der Waals surface area contributed by atoms with E-state index in [0.29, 0.717) is 39.0 Å². The SMILES string of the molecule is CC(=O)C(=O)C1(CC(=O)[C@H](CC2(F)CCCC2)NC(=O)C(C)(F)F)CCC1. The second kappa shape index (κ2) is 7.72. The topological polar surface area (TPSA) is 80.3 Å². The summed E-state index contributed by atoms with van der Waals surface area (Å²) in [7, 11) is 0. The van der Waals surface area contributed by atoms with Crippen LogP contribution in [0.15, 0.2) is 0 Å². The van der Waals surface area contributed by atoms with Crippen molar-refractivity contribution in [3.8, 4) is 0 Å².